The minimum absolute atomic E-state index is 0.0647. The summed E-state index contributed by atoms with van der Waals surface area (Å²) in [5.74, 6) is 0. The highest BCUT2D eigenvalue weighted by atomic mass is 35.5. The third-order valence-corrected chi connectivity index (χ3v) is 8.35. The van der Waals surface area contributed by atoms with Crippen LogP contribution in [-0.2, 0) is 5.41 Å². The molecule has 6 aromatic rings. The molecule has 0 spiro atoms. The molecule has 0 bridgehead atoms. The Morgan fingerprint density at radius 2 is 1.55 bits per heavy atom. The summed E-state index contributed by atoms with van der Waals surface area (Å²) in [6.45, 7) is 4.60. The molecule has 0 atom stereocenters. The van der Waals surface area contributed by atoms with Crippen LogP contribution >= 0.6 is 22.9 Å². The van der Waals surface area contributed by atoms with Gasteiger partial charge in [0.05, 0.1) is 5.69 Å². The minimum Gasteiger partial charge on any atom is -0.217 e. The molecule has 1 aliphatic rings. The minimum atomic E-state index is -0.0647. The SMILES string of the molecule is CC1(C)c2ccccc2-c2ccc(-c3nc(Cl)nc4sc5c6ccccc6ccc5c34)cc21. The van der Waals surface area contributed by atoms with E-state index in [-0.39, 0.29) is 10.7 Å². The molecule has 0 N–H and O–H groups in total. The van der Waals surface area contributed by atoms with Crippen molar-refractivity contribution in [2.75, 3.05) is 0 Å². The lowest BCUT2D eigenvalue weighted by Gasteiger charge is -2.22. The molecule has 0 radical (unpaired) electrons. The van der Waals surface area contributed by atoms with Crippen molar-refractivity contribution >= 4 is 54.0 Å². The molecule has 0 amide bonds. The Bertz CT molecular complexity index is 1760. The van der Waals surface area contributed by atoms with Gasteiger partial charge in [-0.05, 0) is 50.7 Å². The molecular weight excluding hydrogens is 444 g/mol. The lowest BCUT2D eigenvalue weighted by atomic mass is 9.82. The van der Waals surface area contributed by atoms with Crippen molar-refractivity contribution in [1.29, 1.82) is 0 Å². The first-order chi connectivity index (χ1) is 16.0. The molecule has 4 heteroatoms. The Kier molecular flexibility index (Phi) is 3.86. The molecule has 1 aliphatic carbocycles. The van der Waals surface area contributed by atoms with Crippen LogP contribution in [0, 0.1) is 0 Å². The lowest BCUT2D eigenvalue weighted by Crippen LogP contribution is -2.14. The van der Waals surface area contributed by atoms with Crippen molar-refractivity contribution < 1.29 is 0 Å². The molecule has 2 heterocycles. The van der Waals surface area contributed by atoms with Gasteiger partial charge in [-0.3, -0.25) is 0 Å². The number of thiophene rings is 1. The van der Waals surface area contributed by atoms with E-state index in [4.69, 9.17) is 16.6 Å². The molecule has 0 saturated carbocycles. The van der Waals surface area contributed by atoms with Gasteiger partial charge in [-0.1, -0.05) is 86.6 Å². The van der Waals surface area contributed by atoms with Crippen LogP contribution in [0.1, 0.15) is 25.0 Å². The second-order valence-electron chi connectivity index (χ2n) is 9.22. The normalized spacial score (nSPS) is 14.2. The molecule has 2 nitrogen and oxygen atoms in total. The van der Waals surface area contributed by atoms with Gasteiger partial charge in [0.2, 0.25) is 5.28 Å². The van der Waals surface area contributed by atoms with Crippen LogP contribution in [0.4, 0.5) is 0 Å². The summed E-state index contributed by atoms with van der Waals surface area (Å²) in [6.07, 6.45) is 0. The molecule has 0 aliphatic heterocycles. The number of benzene rings is 4. The van der Waals surface area contributed by atoms with Crippen LogP contribution in [0.3, 0.4) is 0 Å². The number of fused-ring (bicyclic) bond motifs is 8. The second-order valence-corrected chi connectivity index (χ2v) is 10.6. The van der Waals surface area contributed by atoms with E-state index in [0.29, 0.717) is 0 Å². The van der Waals surface area contributed by atoms with Gasteiger partial charge in [-0.2, -0.15) is 0 Å². The van der Waals surface area contributed by atoms with Crippen LogP contribution in [0.25, 0.3) is 53.5 Å². The van der Waals surface area contributed by atoms with Gasteiger partial charge < -0.3 is 0 Å². The molecule has 0 saturated heterocycles. The molecular formula is C29H19ClN2S. The van der Waals surface area contributed by atoms with E-state index in [0.717, 1.165) is 21.5 Å². The summed E-state index contributed by atoms with van der Waals surface area (Å²) in [5, 5.41) is 5.03. The van der Waals surface area contributed by atoms with Gasteiger partial charge in [0.15, 0.2) is 0 Å². The van der Waals surface area contributed by atoms with E-state index < -0.39 is 0 Å². The van der Waals surface area contributed by atoms with Crippen molar-refractivity contribution in [3.63, 3.8) is 0 Å². The summed E-state index contributed by atoms with van der Waals surface area (Å²) in [5.41, 5.74) is 7.24. The standard InChI is InChI=1S/C29H19ClN2S/c1-29(2)22-10-6-5-9-19(22)20-13-12-17(15-23(20)29)25-24-21-14-11-16-7-3-4-8-18(16)26(21)33-27(24)32-28(30)31-25/h3-15H,1-2H3. The zero-order valence-corrected chi connectivity index (χ0v) is 19.8. The van der Waals surface area contributed by atoms with Gasteiger partial charge in [-0.25, -0.2) is 9.97 Å². The number of nitrogens with zero attached hydrogens (tertiary/aromatic N) is 2. The topological polar surface area (TPSA) is 25.8 Å². The van der Waals surface area contributed by atoms with E-state index >= 15 is 0 Å². The number of aromatic nitrogens is 2. The highest BCUT2D eigenvalue weighted by Crippen LogP contribution is 2.50. The number of rotatable bonds is 1. The zero-order chi connectivity index (χ0) is 22.3. The summed E-state index contributed by atoms with van der Waals surface area (Å²) in [4.78, 5) is 10.3. The van der Waals surface area contributed by atoms with Crippen LogP contribution < -0.4 is 0 Å². The number of hydrogen-bond donors (Lipinski definition) is 0. The molecule has 4 aromatic carbocycles. The van der Waals surface area contributed by atoms with Gasteiger partial charge in [-0.15, -0.1) is 11.3 Å². The van der Waals surface area contributed by atoms with Crippen LogP contribution in [0.5, 0.6) is 0 Å². The highest BCUT2D eigenvalue weighted by molar-refractivity contribution is 7.26. The molecule has 2 aromatic heterocycles. The fraction of sp³-hybridized carbons (Fsp3) is 0.103. The Labute approximate surface area is 200 Å². The number of hydrogen-bond acceptors (Lipinski definition) is 3. The van der Waals surface area contributed by atoms with Crippen LogP contribution in [-0.4, -0.2) is 9.97 Å². The van der Waals surface area contributed by atoms with Crippen LogP contribution in [0.2, 0.25) is 5.28 Å². The first-order valence-electron chi connectivity index (χ1n) is 11.0. The summed E-state index contributed by atoms with van der Waals surface area (Å²) in [6, 6.07) is 28.3. The highest BCUT2D eigenvalue weighted by Gasteiger charge is 2.35. The summed E-state index contributed by atoms with van der Waals surface area (Å²) in [7, 11) is 0. The van der Waals surface area contributed by atoms with Gasteiger partial charge in [0, 0.05) is 26.5 Å². The van der Waals surface area contributed by atoms with Crippen molar-refractivity contribution in [2.24, 2.45) is 0 Å². The van der Waals surface area contributed by atoms with Crippen molar-refractivity contribution in [3.05, 3.63) is 95.3 Å². The summed E-state index contributed by atoms with van der Waals surface area (Å²) >= 11 is 8.14. The van der Waals surface area contributed by atoms with Crippen molar-refractivity contribution in [3.8, 4) is 22.4 Å². The van der Waals surface area contributed by atoms with E-state index in [1.54, 1.807) is 11.3 Å². The molecule has 0 fully saturated rings. The third-order valence-electron chi connectivity index (χ3n) is 7.05. The maximum absolute atomic E-state index is 6.45. The Morgan fingerprint density at radius 1 is 0.758 bits per heavy atom. The maximum atomic E-state index is 6.45. The van der Waals surface area contributed by atoms with Crippen molar-refractivity contribution in [2.45, 2.75) is 19.3 Å². The maximum Gasteiger partial charge on any atom is 0.224 e. The molecule has 0 unspecified atom stereocenters. The lowest BCUT2D eigenvalue weighted by molar-refractivity contribution is 0.660. The predicted molar refractivity (Wildman–Crippen MR) is 140 cm³/mol. The quantitative estimate of drug-likeness (QED) is 0.228. The van der Waals surface area contributed by atoms with E-state index in [1.807, 2.05) is 0 Å². The first-order valence-corrected chi connectivity index (χ1v) is 12.2. The predicted octanol–water partition coefficient (Wildman–Crippen LogP) is 8.62. The second kappa shape index (κ2) is 6.63. The molecule has 7 rings (SSSR count). The van der Waals surface area contributed by atoms with E-state index in [1.165, 1.54) is 43.1 Å². The van der Waals surface area contributed by atoms with E-state index in [9.17, 15) is 0 Å². The largest absolute Gasteiger partial charge is 0.224 e. The van der Waals surface area contributed by atoms with Gasteiger partial charge in [0.25, 0.3) is 0 Å². The van der Waals surface area contributed by atoms with E-state index in [2.05, 4.69) is 97.7 Å². The average Bonchev–Trinajstić information content (AvgIpc) is 3.31. The monoisotopic (exact) mass is 462 g/mol. The zero-order valence-electron chi connectivity index (χ0n) is 18.2. The fourth-order valence-corrected chi connectivity index (χ4v) is 6.87. The Balaban J connectivity index is 1.53. The first kappa shape index (κ1) is 19.2. The molecule has 158 valence electrons. The fourth-order valence-electron chi connectivity index (χ4n) is 5.44. The van der Waals surface area contributed by atoms with Crippen LogP contribution in [0.15, 0.2) is 78.9 Å². The molecule has 33 heavy (non-hydrogen) atoms. The third kappa shape index (κ3) is 2.61. The smallest absolute Gasteiger partial charge is 0.217 e. The Morgan fingerprint density at radius 3 is 2.45 bits per heavy atom. The van der Waals surface area contributed by atoms with Gasteiger partial charge >= 0.3 is 0 Å². The average molecular weight is 463 g/mol. The number of halogens is 1. The summed E-state index contributed by atoms with van der Waals surface area (Å²) < 4.78 is 1.23. The Hall–Kier alpha value is -3.27. The van der Waals surface area contributed by atoms with Gasteiger partial charge in [0.1, 0.15) is 4.83 Å². The van der Waals surface area contributed by atoms with Crippen molar-refractivity contribution in [1.82, 2.24) is 9.97 Å².